The van der Waals surface area contributed by atoms with E-state index in [1.807, 2.05) is 45.0 Å². The Balaban J connectivity index is 2.45. The van der Waals surface area contributed by atoms with Crippen molar-refractivity contribution in [2.45, 2.75) is 59.2 Å². The maximum Gasteiger partial charge on any atom is 0.408 e. The van der Waals surface area contributed by atoms with E-state index in [9.17, 15) is 14.4 Å². The summed E-state index contributed by atoms with van der Waals surface area (Å²) in [7, 11) is 1.53. The number of rotatable bonds is 7. The summed E-state index contributed by atoms with van der Waals surface area (Å²) in [4.78, 5) is 40.8. The number of carbonyl (C=O) groups is 3. The van der Waals surface area contributed by atoms with Crippen molar-refractivity contribution < 1.29 is 19.1 Å². The van der Waals surface area contributed by atoms with E-state index >= 15 is 0 Å². The summed E-state index contributed by atoms with van der Waals surface area (Å²) in [6.45, 7) is 10.8. The number of halogens is 1. The lowest BCUT2D eigenvalue weighted by Gasteiger charge is -2.33. The minimum absolute atomic E-state index is 0.0210. The van der Waals surface area contributed by atoms with Gasteiger partial charge < -0.3 is 20.3 Å². The number of carbonyl (C=O) groups excluding carboxylic acids is 3. The quantitative estimate of drug-likeness (QED) is 0.437. The first-order valence-electron chi connectivity index (χ1n) is 11.3. The van der Waals surface area contributed by atoms with E-state index < -0.39 is 35.6 Å². The van der Waals surface area contributed by atoms with E-state index in [1.165, 1.54) is 11.9 Å². The zero-order valence-electron chi connectivity index (χ0n) is 21.2. The number of nitrogens with zero attached hydrogens (tertiary/aromatic N) is 1. The van der Waals surface area contributed by atoms with Crippen LogP contribution < -0.4 is 10.6 Å². The molecule has 9 heteroatoms. The number of anilines is 1. The van der Waals surface area contributed by atoms with Gasteiger partial charge in [0.25, 0.3) is 5.91 Å². The lowest BCUT2D eigenvalue weighted by molar-refractivity contribution is -0.138. The maximum atomic E-state index is 13.7. The minimum atomic E-state index is -1.00. The summed E-state index contributed by atoms with van der Waals surface area (Å²) >= 11 is 10.6. The first-order valence-corrected chi connectivity index (χ1v) is 12.3. The third-order valence-electron chi connectivity index (χ3n) is 5.44. The van der Waals surface area contributed by atoms with Gasteiger partial charge in [0.05, 0.1) is 10.7 Å². The Morgan fingerprint density at radius 2 is 1.57 bits per heavy atom. The van der Waals surface area contributed by atoms with Crippen LogP contribution in [0.25, 0.3) is 0 Å². The molecular weight excluding hydrogens is 486 g/mol. The SMILES string of the molecule is Cc1cccc(Cl)c1NC(=O)C(c1c(C)cccc1C)N(C)C(=O)C(CS)NC(=O)OC(C)(C)C. The monoisotopic (exact) mass is 519 g/mol. The number of amides is 3. The number of hydrogen-bond acceptors (Lipinski definition) is 5. The lowest BCUT2D eigenvalue weighted by atomic mass is 9.94. The van der Waals surface area contributed by atoms with Gasteiger partial charge in [0.15, 0.2) is 0 Å². The first kappa shape index (κ1) is 28.5. The van der Waals surface area contributed by atoms with Crippen LogP contribution in [0.4, 0.5) is 10.5 Å². The molecule has 0 aromatic heterocycles. The molecule has 0 radical (unpaired) electrons. The molecule has 0 fully saturated rings. The molecule has 2 unspecified atom stereocenters. The molecule has 190 valence electrons. The summed E-state index contributed by atoms with van der Waals surface area (Å²) in [5.41, 5.74) is 2.94. The summed E-state index contributed by atoms with van der Waals surface area (Å²) < 4.78 is 5.29. The highest BCUT2D eigenvalue weighted by Crippen LogP contribution is 2.31. The number of ether oxygens (including phenoxy) is 1. The van der Waals surface area contributed by atoms with E-state index in [1.54, 1.807) is 32.9 Å². The molecule has 2 aromatic rings. The molecule has 0 bridgehead atoms. The molecule has 0 saturated carbocycles. The number of likely N-dealkylation sites (N-methyl/N-ethyl adjacent to an activating group) is 1. The molecule has 35 heavy (non-hydrogen) atoms. The number of thiol groups is 1. The fraction of sp³-hybridized carbons (Fsp3) is 0.423. The maximum absolute atomic E-state index is 13.7. The third-order valence-corrected chi connectivity index (χ3v) is 6.12. The number of hydrogen-bond donors (Lipinski definition) is 3. The fourth-order valence-corrected chi connectivity index (χ4v) is 4.27. The summed E-state index contributed by atoms with van der Waals surface area (Å²) in [5, 5.41) is 5.86. The number of nitrogens with one attached hydrogen (secondary N) is 2. The van der Waals surface area contributed by atoms with Crippen LogP contribution in [0.3, 0.4) is 0 Å². The highest BCUT2D eigenvalue weighted by molar-refractivity contribution is 7.80. The Hall–Kier alpha value is -2.71. The topological polar surface area (TPSA) is 87.7 Å². The molecule has 0 aliphatic carbocycles. The van der Waals surface area contributed by atoms with E-state index in [2.05, 4.69) is 23.3 Å². The van der Waals surface area contributed by atoms with Crippen LogP contribution in [-0.2, 0) is 14.3 Å². The molecule has 0 aliphatic heterocycles. The van der Waals surface area contributed by atoms with Crippen LogP contribution in [-0.4, -0.2) is 47.3 Å². The molecular formula is C26H34ClN3O4S. The van der Waals surface area contributed by atoms with E-state index in [4.69, 9.17) is 16.3 Å². The van der Waals surface area contributed by atoms with Gasteiger partial charge in [-0.05, 0) is 69.9 Å². The molecule has 2 rings (SSSR count). The van der Waals surface area contributed by atoms with Crippen LogP contribution in [0.5, 0.6) is 0 Å². The molecule has 0 heterocycles. The number of alkyl carbamates (subject to hydrolysis) is 1. The van der Waals surface area contributed by atoms with Crippen molar-refractivity contribution >= 4 is 47.8 Å². The van der Waals surface area contributed by atoms with Gasteiger partial charge in [0, 0.05) is 12.8 Å². The van der Waals surface area contributed by atoms with Crippen LogP contribution >= 0.6 is 24.2 Å². The summed E-state index contributed by atoms with van der Waals surface area (Å²) in [6, 6.07) is 9.01. The Bertz CT molecular complexity index is 1060. The number of para-hydroxylation sites is 1. The van der Waals surface area contributed by atoms with Crippen LogP contribution in [0.15, 0.2) is 36.4 Å². The van der Waals surface area contributed by atoms with Gasteiger partial charge in [-0.25, -0.2) is 4.79 Å². The molecule has 2 aromatic carbocycles. The normalized spacial score (nSPS) is 12.9. The van der Waals surface area contributed by atoms with Gasteiger partial charge in [-0.15, -0.1) is 0 Å². The van der Waals surface area contributed by atoms with E-state index in [0.29, 0.717) is 16.3 Å². The molecule has 0 saturated heterocycles. The van der Waals surface area contributed by atoms with Gasteiger partial charge in [-0.3, -0.25) is 9.59 Å². The van der Waals surface area contributed by atoms with Crippen molar-refractivity contribution in [3.63, 3.8) is 0 Å². The summed E-state index contributed by atoms with van der Waals surface area (Å²) in [6.07, 6.45) is -0.738. The Kier molecular flexibility index (Phi) is 9.63. The predicted octanol–water partition coefficient (Wildman–Crippen LogP) is 5.23. The van der Waals surface area contributed by atoms with Crippen molar-refractivity contribution in [1.29, 1.82) is 0 Å². The molecule has 7 nitrogen and oxygen atoms in total. The zero-order chi connectivity index (χ0) is 26.5. The predicted molar refractivity (Wildman–Crippen MR) is 143 cm³/mol. The fourth-order valence-electron chi connectivity index (χ4n) is 3.75. The second kappa shape index (κ2) is 11.8. The smallest absolute Gasteiger partial charge is 0.408 e. The Morgan fingerprint density at radius 3 is 2.09 bits per heavy atom. The molecule has 3 amide bonds. The average molecular weight is 520 g/mol. The Labute approximate surface area is 218 Å². The lowest BCUT2D eigenvalue weighted by Crippen LogP contribution is -2.52. The highest BCUT2D eigenvalue weighted by atomic mass is 35.5. The van der Waals surface area contributed by atoms with Gasteiger partial charge >= 0.3 is 6.09 Å². The van der Waals surface area contributed by atoms with Crippen LogP contribution in [0.1, 0.15) is 49.1 Å². The zero-order valence-corrected chi connectivity index (χ0v) is 22.9. The largest absolute Gasteiger partial charge is 0.444 e. The van der Waals surface area contributed by atoms with E-state index in [0.717, 1.165) is 16.7 Å². The first-order chi connectivity index (χ1) is 16.3. The van der Waals surface area contributed by atoms with Crippen molar-refractivity contribution in [2.24, 2.45) is 0 Å². The molecule has 0 aliphatic rings. The molecule has 2 N–H and O–H groups in total. The van der Waals surface area contributed by atoms with Gasteiger partial charge in [-0.2, -0.15) is 12.6 Å². The van der Waals surface area contributed by atoms with Crippen molar-refractivity contribution in [3.05, 3.63) is 63.7 Å². The van der Waals surface area contributed by atoms with Crippen LogP contribution in [0.2, 0.25) is 5.02 Å². The third kappa shape index (κ3) is 7.39. The van der Waals surface area contributed by atoms with Gasteiger partial charge in [0.2, 0.25) is 5.91 Å². The van der Waals surface area contributed by atoms with Crippen molar-refractivity contribution in [2.75, 3.05) is 18.1 Å². The van der Waals surface area contributed by atoms with Crippen molar-refractivity contribution in [3.8, 4) is 0 Å². The number of aryl methyl sites for hydroxylation is 3. The molecule has 0 spiro atoms. The average Bonchev–Trinajstić information content (AvgIpc) is 2.75. The van der Waals surface area contributed by atoms with Gasteiger partial charge in [-0.1, -0.05) is 41.9 Å². The second-order valence-electron chi connectivity index (χ2n) is 9.46. The van der Waals surface area contributed by atoms with Crippen LogP contribution in [0, 0.1) is 20.8 Å². The Morgan fingerprint density at radius 1 is 1.03 bits per heavy atom. The summed E-state index contributed by atoms with van der Waals surface area (Å²) in [5.74, 6) is -0.887. The number of benzene rings is 2. The highest BCUT2D eigenvalue weighted by Gasteiger charge is 2.35. The second-order valence-corrected chi connectivity index (χ2v) is 10.2. The molecule has 2 atom stereocenters. The standard InChI is InChI=1S/C26H34ClN3O4S/c1-15-10-8-11-16(2)20(15)22(23(31)29-21-17(3)12-9-13-18(21)27)30(7)24(32)19(14-35)28-25(33)34-26(4,5)6/h8-13,19,22,35H,14H2,1-7H3,(H,28,33)(H,29,31). The van der Waals surface area contributed by atoms with Gasteiger partial charge in [0.1, 0.15) is 17.7 Å². The van der Waals surface area contributed by atoms with E-state index in [-0.39, 0.29) is 5.75 Å². The minimum Gasteiger partial charge on any atom is -0.444 e. The van der Waals surface area contributed by atoms with Crippen molar-refractivity contribution in [1.82, 2.24) is 10.2 Å².